The molecule has 1 aliphatic carbocycles. The highest BCUT2D eigenvalue weighted by Gasteiger charge is 2.43. The van der Waals surface area contributed by atoms with Crippen LogP contribution in [0.15, 0.2) is 35.7 Å². The number of likely N-dealkylation sites (tertiary alicyclic amines) is 1. The molecular weight excluding hydrogens is 431 g/mol. The van der Waals surface area contributed by atoms with E-state index in [2.05, 4.69) is 17.1 Å². The van der Waals surface area contributed by atoms with Crippen molar-refractivity contribution in [3.05, 3.63) is 47.0 Å². The molecule has 0 unspecified atom stereocenters. The zero-order valence-electron chi connectivity index (χ0n) is 16.1. The summed E-state index contributed by atoms with van der Waals surface area (Å²) < 4.78 is 0. The number of piperidine rings is 1. The average molecular weight is 459 g/mol. The van der Waals surface area contributed by atoms with Crippen molar-refractivity contribution in [2.45, 2.75) is 43.2 Å². The summed E-state index contributed by atoms with van der Waals surface area (Å²) in [5.74, 6) is -0.0319. The zero-order valence-corrected chi connectivity index (χ0v) is 18.5. The number of amides is 1. The van der Waals surface area contributed by atoms with Gasteiger partial charge in [-0.15, -0.1) is 36.2 Å². The lowest BCUT2D eigenvalue weighted by atomic mass is 9.70. The maximum atomic E-state index is 12.9. The standard InChI is InChI=1S/C20H26N4O2S.2ClH/c21-15-10-13(11-16(15)25)18(26)24-8-6-20(7-9-24,14-4-2-1-3-5-14)17-12-27-19(22)23-17;;/h1-5,12-13,15-16,25H,6-11,21H2,(H2,22,23);2*1H/t13-,15+,16+;;/m0../s1. The molecule has 160 valence electrons. The predicted octanol–water partition coefficient (Wildman–Crippen LogP) is 2.58. The van der Waals surface area contributed by atoms with Crippen molar-refractivity contribution >= 4 is 47.2 Å². The highest BCUT2D eigenvalue weighted by atomic mass is 35.5. The van der Waals surface area contributed by atoms with E-state index in [1.54, 1.807) is 0 Å². The molecule has 2 aliphatic rings. The second kappa shape index (κ2) is 9.62. The van der Waals surface area contributed by atoms with Gasteiger partial charge in [-0.25, -0.2) is 4.98 Å². The Labute approximate surface area is 187 Å². The van der Waals surface area contributed by atoms with E-state index >= 15 is 0 Å². The molecule has 1 amide bonds. The van der Waals surface area contributed by atoms with Gasteiger partial charge < -0.3 is 21.5 Å². The molecule has 9 heteroatoms. The summed E-state index contributed by atoms with van der Waals surface area (Å²) in [6, 6.07) is 10.1. The Balaban J connectivity index is 0.00000150. The second-order valence-electron chi connectivity index (χ2n) is 7.74. The Morgan fingerprint density at radius 2 is 1.83 bits per heavy atom. The monoisotopic (exact) mass is 458 g/mol. The number of benzene rings is 1. The van der Waals surface area contributed by atoms with Crippen LogP contribution in [0.2, 0.25) is 0 Å². The van der Waals surface area contributed by atoms with Crippen molar-refractivity contribution in [2.75, 3.05) is 18.8 Å². The van der Waals surface area contributed by atoms with E-state index in [1.807, 2.05) is 28.5 Å². The van der Waals surface area contributed by atoms with Crippen LogP contribution in [-0.4, -0.2) is 46.1 Å². The van der Waals surface area contributed by atoms with E-state index in [0.29, 0.717) is 31.1 Å². The molecule has 2 heterocycles. The molecule has 1 aromatic carbocycles. The molecule has 2 aromatic rings. The van der Waals surface area contributed by atoms with Crippen LogP contribution < -0.4 is 11.5 Å². The molecule has 0 bridgehead atoms. The summed E-state index contributed by atoms with van der Waals surface area (Å²) in [6.45, 7) is 1.35. The minimum absolute atomic E-state index is 0. The fourth-order valence-electron chi connectivity index (χ4n) is 4.57. The van der Waals surface area contributed by atoms with E-state index in [1.165, 1.54) is 16.9 Å². The lowest BCUT2D eigenvalue weighted by Crippen LogP contribution is -2.47. The maximum absolute atomic E-state index is 12.9. The van der Waals surface area contributed by atoms with Crippen LogP contribution >= 0.6 is 36.2 Å². The molecule has 0 radical (unpaired) electrons. The van der Waals surface area contributed by atoms with Crippen LogP contribution in [-0.2, 0) is 10.2 Å². The molecule has 3 atom stereocenters. The van der Waals surface area contributed by atoms with Crippen LogP contribution in [0.5, 0.6) is 0 Å². The number of hydrogen-bond acceptors (Lipinski definition) is 6. The number of carbonyl (C=O) groups excluding carboxylic acids is 1. The predicted molar refractivity (Wildman–Crippen MR) is 121 cm³/mol. The fraction of sp³-hybridized carbons (Fsp3) is 0.500. The molecule has 1 aliphatic heterocycles. The smallest absolute Gasteiger partial charge is 0.225 e. The number of hydrogen-bond donors (Lipinski definition) is 3. The summed E-state index contributed by atoms with van der Waals surface area (Å²) in [5, 5.41) is 12.5. The molecule has 6 nitrogen and oxygen atoms in total. The van der Waals surface area contributed by atoms with E-state index < -0.39 is 6.10 Å². The lowest BCUT2D eigenvalue weighted by molar-refractivity contribution is -0.137. The first-order valence-corrected chi connectivity index (χ1v) is 10.4. The highest BCUT2D eigenvalue weighted by Crippen LogP contribution is 2.43. The number of thiazole rings is 1. The second-order valence-corrected chi connectivity index (χ2v) is 8.63. The molecule has 1 saturated carbocycles. The van der Waals surface area contributed by atoms with Gasteiger partial charge in [0.05, 0.1) is 11.8 Å². The molecule has 4 rings (SSSR count). The first-order valence-electron chi connectivity index (χ1n) is 9.49. The van der Waals surface area contributed by atoms with Gasteiger partial charge in [0.2, 0.25) is 5.91 Å². The summed E-state index contributed by atoms with van der Waals surface area (Å²) in [6.07, 6.45) is 2.11. The molecular formula is C20H28Cl2N4O2S. The van der Waals surface area contributed by atoms with E-state index in [4.69, 9.17) is 11.5 Å². The Hall–Kier alpha value is -1.38. The number of aliphatic hydroxyl groups is 1. The van der Waals surface area contributed by atoms with Gasteiger partial charge in [0, 0.05) is 35.8 Å². The quantitative estimate of drug-likeness (QED) is 0.655. The minimum atomic E-state index is -0.565. The number of halogens is 2. The number of aromatic nitrogens is 1. The number of aliphatic hydroxyl groups excluding tert-OH is 1. The normalized spacial score (nSPS) is 25.7. The number of nitrogens with zero attached hydrogens (tertiary/aromatic N) is 2. The van der Waals surface area contributed by atoms with Gasteiger partial charge in [0.15, 0.2) is 5.13 Å². The number of nitrogens with two attached hydrogens (primary N) is 2. The first-order chi connectivity index (χ1) is 13.0. The Bertz CT molecular complexity index is 802. The van der Waals surface area contributed by atoms with Gasteiger partial charge in [-0.1, -0.05) is 30.3 Å². The van der Waals surface area contributed by atoms with Gasteiger partial charge in [0.25, 0.3) is 0 Å². The highest BCUT2D eigenvalue weighted by molar-refractivity contribution is 7.13. The van der Waals surface area contributed by atoms with Gasteiger partial charge in [0.1, 0.15) is 0 Å². The average Bonchev–Trinajstić information content (AvgIpc) is 3.28. The molecule has 1 saturated heterocycles. The van der Waals surface area contributed by atoms with Crippen molar-refractivity contribution in [3.63, 3.8) is 0 Å². The van der Waals surface area contributed by atoms with Crippen LogP contribution in [0.1, 0.15) is 36.9 Å². The SMILES string of the molecule is Cl.Cl.Nc1nc(C2(c3ccccc3)CCN(C(=O)[C@H]3C[C@@H](N)[C@H](O)C3)CC2)cs1. The van der Waals surface area contributed by atoms with Crippen molar-refractivity contribution in [1.82, 2.24) is 9.88 Å². The molecule has 1 aromatic heterocycles. The summed E-state index contributed by atoms with van der Waals surface area (Å²) >= 11 is 1.46. The van der Waals surface area contributed by atoms with Crippen molar-refractivity contribution in [1.29, 1.82) is 0 Å². The largest absolute Gasteiger partial charge is 0.391 e. The van der Waals surface area contributed by atoms with Crippen molar-refractivity contribution in [3.8, 4) is 0 Å². The van der Waals surface area contributed by atoms with Gasteiger partial charge in [-0.05, 0) is 31.2 Å². The number of anilines is 1. The molecule has 5 N–H and O–H groups in total. The topological polar surface area (TPSA) is 105 Å². The van der Waals surface area contributed by atoms with E-state index in [0.717, 1.165) is 18.5 Å². The van der Waals surface area contributed by atoms with E-state index in [-0.39, 0.29) is 48.1 Å². The third-order valence-electron chi connectivity index (χ3n) is 6.19. The Kier molecular flexibility index (Phi) is 7.93. The van der Waals surface area contributed by atoms with Gasteiger partial charge >= 0.3 is 0 Å². The number of carbonyl (C=O) groups is 1. The minimum Gasteiger partial charge on any atom is -0.391 e. The summed E-state index contributed by atoms with van der Waals surface area (Å²) in [7, 11) is 0. The van der Waals surface area contributed by atoms with Crippen molar-refractivity contribution in [2.24, 2.45) is 11.7 Å². The summed E-state index contributed by atoms with van der Waals surface area (Å²) in [4.78, 5) is 19.4. The fourth-order valence-corrected chi connectivity index (χ4v) is 5.24. The van der Waals surface area contributed by atoms with Crippen LogP contribution in [0, 0.1) is 5.92 Å². The molecule has 2 fully saturated rings. The zero-order chi connectivity index (χ0) is 19.0. The van der Waals surface area contributed by atoms with Gasteiger partial charge in [-0.3, -0.25) is 4.79 Å². The van der Waals surface area contributed by atoms with Crippen molar-refractivity contribution < 1.29 is 9.90 Å². The Morgan fingerprint density at radius 1 is 1.17 bits per heavy atom. The Morgan fingerprint density at radius 3 is 2.34 bits per heavy atom. The third kappa shape index (κ3) is 4.54. The third-order valence-corrected chi connectivity index (χ3v) is 6.87. The number of rotatable bonds is 3. The summed E-state index contributed by atoms with van der Waals surface area (Å²) in [5.41, 5.74) is 13.8. The number of nitrogen functional groups attached to an aromatic ring is 1. The maximum Gasteiger partial charge on any atom is 0.225 e. The first kappa shape index (κ1) is 23.9. The van der Waals surface area contributed by atoms with Crippen LogP contribution in [0.25, 0.3) is 0 Å². The van der Waals surface area contributed by atoms with E-state index in [9.17, 15) is 9.90 Å². The molecule has 29 heavy (non-hydrogen) atoms. The van der Waals surface area contributed by atoms with Crippen LogP contribution in [0.3, 0.4) is 0 Å². The van der Waals surface area contributed by atoms with Gasteiger partial charge in [-0.2, -0.15) is 0 Å². The lowest BCUT2D eigenvalue weighted by Gasteiger charge is -2.42. The van der Waals surface area contributed by atoms with Crippen LogP contribution in [0.4, 0.5) is 5.13 Å². The molecule has 0 spiro atoms.